The van der Waals surface area contributed by atoms with E-state index in [1.807, 2.05) is 10.8 Å². The monoisotopic (exact) mass is 258 g/mol. The molecule has 0 amide bonds. The summed E-state index contributed by atoms with van der Waals surface area (Å²) in [5, 5.41) is 10.2. The molecule has 0 aromatic carbocycles. The maximum atomic E-state index is 11.4. The number of aliphatic hydroxyl groups excluding tert-OH is 1. The zero-order chi connectivity index (χ0) is 12.5. The summed E-state index contributed by atoms with van der Waals surface area (Å²) < 4.78 is 24.7. The molecular weight excluding hydrogens is 240 g/mol. The molecule has 1 aliphatic heterocycles. The second-order valence-corrected chi connectivity index (χ2v) is 6.82. The van der Waals surface area contributed by atoms with E-state index in [2.05, 4.69) is 11.9 Å². The summed E-state index contributed by atoms with van der Waals surface area (Å²) in [4.78, 5) is 4.15. The van der Waals surface area contributed by atoms with E-state index in [0.29, 0.717) is 12.2 Å². The Balaban J connectivity index is 2.14. The van der Waals surface area contributed by atoms with Crippen LogP contribution in [0.2, 0.25) is 0 Å². The molecule has 2 atom stereocenters. The van der Waals surface area contributed by atoms with Crippen molar-refractivity contribution in [3.8, 4) is 0 Å². The summed E-state index contributed by atoms with van der Waals surface area (Å²) >= 11 is 0. The van der Waals surface area contributed by atoms with Crippen molar-refractivity contribution in [1.29, 1.82) is 0 Å². The van der Waals surface area contributed by atoms with Gasteiger partial charge in [0, 0.05) is 24.9 Å². The lowest BCUT2D eigenvalue weighted by Gasteiger charge is -2.17. The van der Waals surface area contributed by atoms with E-state index < -0.39 is 15.9 Å². The second-order valence-electron chi connectivity index (χ2n) is 4.59. The van der Waals surface area contributed by atoms with Gasteiger partial charge in [-0.2, -0.15) is 0 Å². The van der Waals surface area contributed by atoms with E-state index in [9.17, 15) is 13.5 Å². The minimum absolute atomic E-state index is 0.0765. The van der Waals surface area contributed by atoms with Crippen LogP contribution >= 0.6 is 0 Å². The van der Waals surface area contributed by atoms with Crippen molar-refractivity contribution in [3.63, 3.8) is 0 Å². The molecular formula is C11H18N2O3S. The third kappa shape index (κ3) is 2.69. The van der Waals surface area contributed by atoms with Gasteiger partial charge in [-0.05, 0) is 12.8 Å². The Morgan fingerprint density at radius 1 is 1.65 bits per heavy atom. The molecule has 5 nitrogen and oxygen atoms in total. The van der Waals surface area contributed by atoms with Crippen molar-refractivity contribution < 1.29 is 13.5 Å². The molecule has 0 bridgehead atoms. The van der Waals surface area contributed by atoms with E-state index >= 15 is 0 Å². The lowest BCUT2D eigenvalue weighted by atomic mass is 10.0. The third-order valence-electron chi connectivity index (χ3n) is 3.19. The Morgan fingerprint density at radius 2 is 2.41 bits per heavy atom. The Hall–Kier alpha value is -0.880. The average Bonchev–Trinajstić information content (AvgIpc) is 2.84. The summed E-state index contributed by atoms with van der Waals surface area (Å²) in [6.45, 7) is 2.85. The fourth-order valence-corrected chi connectivity index (χ4v) is 4.13. The zero-order valence-corrected chi connectivity index (χ0v) is 10.7. The molecule has 0 radical (unpaired) electrons. The molecule has 1 aliphatic rings. The number of aryl methyl sites for hydroxylation is 1. The van der Waals surface area contributed by atoms with Crippen LogP contribution in [0.25, 0.3) is 0 Å². The number of aliphatic hydroxyl groups is 1. The smallest absolute Gasteiger partial charge is 0.150 e. The second kappa shape index (κ2) is 4.78. The molecule has 17 heavy (non-hydrogen) atoms. The van der Waals surface area contributed by atoms with Crippen molar-refractivity contribution in [2.45, 2.75) is 32.4 Å². The Bertz CT molecular complexity index is 481. The highest BCUT2D eigenvalue weighted by atomic mass is 32.2. The molecule has 1 aromatic rings. The van der Waals surface area contributed by atoms with Gasteiger partial charge in [0.1, 0.15) is 11.9 Å². The van der Waals surface area contributed by atoms with Crippen molar-refractivity contribution in [1.82, 2.24) is 9.55 Å². The molecule has 2 unspecified atom stereocenters. The summed E-state index contributed by atoms with van der Waals surface area (Å²) in [7, 11) is -2.95. The molecule has 1 saturated heterocycles. The highest BCUT2D eigenvalue weighted by molar-refractivity contribution is 7.91. The topological polar surface area (TPSA) is 72.2 Å². The van der Waals surface area contributed by atoms with E-state index in [1.165, 1.54) is 0 Å². The first-order chi connectivity index (χ1) is 8.03. The molecule has 96 valence electrons. The Kier molecular flexibility index (Phi) is 3.53. The molecule has 1 N–H and O–H groups in total. The summed E-state index contributed by atoms with van der Waals surface area (Å²) in [5.74, 6) is 0.642. The van der Waals surface area contributed by atoms with Crippen LogP contribution in [-0.4, -0.2) is 34.6 Å². The van der Waals surface area contributed by atoms with Crippen LogP contribution in [0.15, 0.2) is 12.4 Å². The number of imidazole rings is 1. The first-order valence-electron chi connectivity index (χ1n) is 5.93. The maximum absolute atomic E-state index is 11.4. The fraction of sp³-hybridized carbons (Fsp3) is 0.727. The van der Waals surface area contributed by atoms with Crippen LogP contribution in [0, 0.1) is 5.92 Å². The number of sulfone groups is 1. The molecule has 0 saturated carbocycles. The molecule has 1 aromatic heterocycles. The number of rotatable bonds is 4. The maximum Gasteiger partial charge on any atom is 0.150 e. The summed E-state index contributed by atoms with van der Waals surface area (Å²) in [6, 6.07) is 0. The summed E-state index contributed by atoms with van der Waals surface area (Å²) in [6.07, 6.45) is 4.19. The standard InChI is InChI=1S/C11H18N2O3S/c1-2-5-13-6-4-12-11(13)10(14)9-3-7-17(15,16)8-9/h4,6,9-10,14H,2-3,5,7-8H2,1H3. The van der Waals surface area contributed by atoms with Crippen LogP contribution in [0.1, 0.15) is 31.7 Å². The number of hydrogen-bond donors (Lipinski definition) is 1. The van der Waals surface area contributed by atoms with Gasteiger partial charge in [-0.1, -0.05) is 6.92 Å². The fourth-order valence-electron chi connectivity index (χ4n) is 2.30. The number of aromatic nitrogens is 2. The molecule has 2 heterocycles. The van der Waals surface area contributed by atoms with Gasteiger partial charge in [0.2, 0.25) is 0 Å². The van der Waals surface area contributed by atoms with E-state index in [4.69, 9.17) is 0 Å². The molecule has 0 aliphatic carbocycles. The van der Waals surface area contributed by atoms with Gasteiger partial charge in [-0.3, -0.25) is 0 Å². The van der Waals surface area contributed by atoms with Crippen molar-refractivity contribution in [3.05, 3.63) is 18.2 Å². The lowest BCUT2D eigenvalue weighted by molar-refractivity contribution is 0.108. The van der Waals surface area contributed by atoms with E-state index in [-0.39, 0.29) is 17.4 Å². The Labute approximate surface area is 101 Å². The first kappa shape index (κ1) is 12.6. The minimum Gasteiger partial charge on any atom is -0.385 e. The van der Waals surface area contributed by atoms with Crippen molar-refractivity contribution in [2.24, 2.45) is 5.92 Å². The van der Waals surface area contributed by atoms with Gasteiger partial charge in [-0.25, -0.2) is 13.4 Å². The van der Waals surface area contributed by atoms with Gasteiger partial charge in [0.05, 0.1) is 11.5 Å². The molecule has 0 spiro atoms. The first-order valence-corrected chi connectivity index (χ1v) is 7.75. The lowest BCUT2D eigenvalue weighted by Crippen LogP contribution is -2.18. The van der Waals surface area contributed by atoms with Crippen molar-refractivity contribution >= 4 is 9.84 Å². The summed E-state index contributed by atoms with van der Waals surface area (Å²) in [5.41, 5.74) is 0. The van der Waals surface area contributed by atoms with Crippen LogP contribution < -0.4 is 0 Å². The van der Waals surface area contributed by atoms with Gasteiger partial charge < -0.3 is 9.67 Å². The third-order valence-corrected chi connectivity index (χ3v) is 4.98. The van der Waals surface area contributed by atoms with E-state index in [1.54, 1.807) is 6.20 Å². The predicted molar refractivity (Wildman–Crippen MR) is 64.2 cm³/mol. The highest BCUT2D eigenvalue weighted by Gasteiger charge is 2.35. The SMILES string of the molecule is CCCn1ccnc1C(O)C1CCS(=O)(=O)C1. The predicted octanol–water partition coefficient (Wildman–Crippen LogP) is 0.761. The number of nitrogens with zero attached hydrogens (tertiary/aromatic N) is 2. The van der Waals surface area contributed by atoms with Crippen LogP contribution in [0.4, 0.5) is 0 Å². The molecule has 1 fully saturated rings. The van der Waals surface area contributed by atoms with Gasteiger partial charge in [-0.15, -0.1) is 0 Å². The highest BCUT2D eigenvalue weighted by Crippen LogP contribution is 2.30. The van der Waals surface area contributed by atoms with Gasteiger partial charge >= 0.3 is 0 Å². The Morgan fingerprint density at radius 3 is 3.00 bits per heavy atom. The van der Waals surface area contributed by atoms with Crippen molar-refractivity contribution in [2.75, 3.05) is 11.5 Å². The molecule has 6 heteroatoms. The zero-order valence-electron chi connectivity index (χ0n) is 9.91. The van der Waals surface area contributed by atoms with Crippen LogP contribution in [-0.2, 0) is 16.4 Å². The quantitative estimate of drug-likeness (QED) is 0.865. The minimum atomic E-state index is -2.95. The number of hydrogen-bond acceptors (Lipinski definition) is 4. The van der Waals surface area contributed by atoms with Gasteiger partial charge in [0.15, 0.2) is 9.84 Å². The van der Waals surface area contributed by atoms with E-state index in [0.717, 1.165) is 13.0 Å². The van der Waals surface area contributed by atoms with Gasteiger partial charge in [0.25, 0.3) is 0 Å². The van der Waals surface area contributed by atoms with Crippen LogP contribution in [0.5, 0.6) is 0 Å². The molecule has 2 rings (SSSR count). The van der Waals surface area contributed by atoms with Crippen LogP contribution in [0.3, 0.4) is 0 Å². The largest absolute Gasteiger partial charge is 0.385 e. The average molecular weight is 258 g/mol. The normalized spacial score (nSPS) is 24.9.